The molecule has 1 aromatic carbocycles. The molecule has 0 bridgehead atoms. The summed E-state index contributed by atoms with van der Waals surface area (Å²) in [6, 6.07) is 12.2. The molecule has 0 saturated heterocycles. The van der Waals surface area contributed by atoms with E-state index in [1.54, 1.807) is 10.7 Å². The Morgan fingerprint density at radius 1 is 1.12 bits per heavy atom. The topological polar surface area (TPSA) is 59.4 Å². The smallest absolute Gasteiger partial charge is 0.360 e. The van der Waals surface area contributed by atoms with E-state index in [0.29, 0.717) is 9.76 Å². The van der Waals surface area contributed by atoms with E-state index in [9.17, 15) is 4.79 Å². The van der Waals surface area contributed by atoms with Crippen molar-refractivity contribution in [1.29, 1.82) is 0 Å². The van der Waals surface area contributed by atoms with E-state index in [1.165, 1.54) is 0 Å². The van der Waals surface area contributed by atoms with E-state index in [0.717, 1.165) is 22.3 Å². The molecule has 0 aliphatic heterocycles. The highest BCUT2D eigenvalue weighted by Crippen LogP contribution is 2.32. The fourth-order valence-corrected chi connectivity index (χ4v) is 3.22. The number of rotatable bonds is 4. The quantitative estimate of drug-likeness (QED) is 0.726. The van der Waals surface area contributed by atoms with Crippen molar-refractivity contribution in [3.05, 3.63) is 58.6 Å². The summed E-state index contributed by atoms with van der Waals surface area (Å²) in [7, 11) is 0.410. The Kier molecular flexibility index (Phi) is 4.43. The van der Waals surface area contributed by atoms with E-state index in [2.05, 4.69) is 56.8 Å². The maximum Gasteiger partial charge on any atom is 0.360 e. The van der Waals surface area contributed by atoms with Crippen LogP contribution in [0.15, 0.2) is 47.4 Å². The molecule has 0 atom stereocenters. The van der Waals surface area contributed by atoms with Crippen LogP contribution in [-0.2, 0) is 10.0 Å². The van der Waals surface area contributed by atoms with E-state index in [-0.39, 0.29) is 16.3 Å². The average Bonchev–Trinajstić information content (AvgIpc) is 2.95. The van der Waals surface area contributed by atoms with Crippen molar-refractivity contribution in [3.8, 4) is 11.3 Å². The summed E-state index contributed by atoms with van der Waals surface area (Å²) in [5.74, 6) is 0. The maximum atomic E-state index is 11.6. The molecule has 2 radical (unpaired) electrons. The highest BCUT2D eigenvalue weighted by molar-refractivity contribution is 6.31. The van der Waals surface area contributed by atoms with Gasteiger partial charge in [-0.2, -0.15) is 4.98 Å². The van der Waals surface area contributed by atoms with Gasteiger partial charge >= 0.3 is 5.69 Å². The van der Waals surface area contributed by atoms with Crippen LogP contribution in [0.4, 0.5) is 0 Å². The predicted octanol–water partition coefficient (Wildman–Crippen LogP) is 3.78. The van der Waals surface area contributed by atoms with Crippen molar-refractivity contribution < 1.29 is 4.43 Å². The molecule has 6 heteroatoms. The summed E-state index contributed by atoms with van der Waals surface area (Å²) in [4.78, 5) is 15.3. The molecule has 0 spiro atoms. The molecule has 0 aliphatic carbocycles. The largest absolute Gasteiger partial charge is 0.408 e. The minimum Gasteiger partial charge on any atom is -0.408 e. The second-order valence-electron chi connectivity index (χ2n) is 7.70. The van der Waals surface area contributed by atoms with Crippen molar-refractivity contribution in [2.75, 3.05) is 0 Å². The Morgan fingerprint density at radius 2 is 1.88 bits per heavy atom. The van der Waals surface area contributed by atoms with Gasteiger partial charge in [-0.15, -0.1) is 0 Å². The molecule has 0 amide bonds. The Balaban J connectivity index is 1.98. The fraction of sp³-hybridized carbons (Fsp3) is 0.368. The number of fused-ring (bicyclic) bond motifs is 1. The van der Waals surface area contributed by atoms with Gasteiger partial charge in [0.1, 0.15) is 0 Å². The van der Waals surface area contributed by atoms with E-state index in [4.69, 9.17) is 4.43 Å². The Morgan fingerprint density at radius 3 is 2.60 bits per heavy atom. The van der Waals surface area contributed by atoms with Crippen LogP contribution < -0.4 is 5.69 Å². The van der Waals surface area contributed by atoms with Crippen molar-refractivity contribution in [3.63, 3.8) is 0 Å². The van der Waals surface area contributed by atoms with E-state index < -0.39 is 0 Å². The Bertz CT molecular complexity index is 951. The highest BCUT2D eigenvalue weighted by Gasteiger charge is 2.25. The molecule has 0 unspecified atom stereocenters. The van der Waals surface area contributed by atoms with Crippen LogP contribution in [0.5, 0.6) is 0 Å². The van der Waals surface area contributed by atoms with Gasteiger partial charge in [0.2, 0.25) is 9.76 Å². The van der Waals surface area contributed by atoms with Crippen LogP contribution in [0.25, 0.3) is 16.8 Å². The molecule has 0 fully saturated rings. The van der Waals surface area contributed by atoms with E-state index >= 15 is 0 Å². The molecule has 130 valence electrons. The molecule has 2 aromatic heterocycles. The molecule has 0 saturated carbocycles. The van der Waals surface area contributed by atoms with Crippen LogP contribution in [0.2, 0.25) is 5.04 Å². The van der Waals surface area contributed by atoms with Crippen molar-refractivity contribution in [2.45, 2.75) is 45.3 Å². The first-order chi connectivity index (χ1) is 11.7. The first kappa shape index (κ1) is 17.6. The summed E-state index contributed by atoms with van der Waals surface area (Å²) in [6.45, 7) is 10.7. The molecule has 3 rings (SSSR count). The first-order valence-electron chi connectivity index (χ1n) is 8.29. The Labute approximate surface area is 150 Å². The monoisotopic (exact) mass is 353 g/mol. The normalized spacial score (nSPS) is 12.7. The third-order valence-electron chi connectivity index (χ3n) is 3.90. The van der Waals surface area contributed by atoms with Crippen LogP contribution in [0.1, 0.15) is 40.2 Å². The minimum absolute atomic E-state index is 0.138. The van der Waals surface area contributed by atoms with Crippen molar-refractivity contribution in [2.24, 2.45) is 0 Å². The second kappa shape index (κ2) is 6.27. The zero-order chi connectivity index (χ0) is 18.2. The van der Waals surface area contributed by atoms with Gasteiger partial charge in [0.25, 0.3) is 0 Å². The maximum absolute atomic E-state index is 11.6. The van der Waals surface area contributed by atoms with Crippen molar-refractivity contribution in [1.82, 2.24) is 14.6 Å². The van der Waals surface area contributed by atoms with Crippen LogP contribution >= 0.6 is 0 Å². The van der Waals surface area contributed by atoms with Gasteiger partial charge in [-0.3, -0.25) is 4.52 Å². The number of nitrogens with one attached hydrogen (secondary N) is 1. The lowest BCUT2D eigenvalue weighted by atomic mass is 9.96. The lowest BCUT2D eigenvalue weighted by Gasteiger charge is -2.30. The number of aromatic nitrogens is 3. The third-order valence-corrected chi connectivity index (χ3v) is 5.12. The predicted molar refractivity (Wildman–Crippen MR) is 101 cm³/mol. The molecule has 5 nitrogen and oxygen atoms in total. The minimum atomic E-state index is -0.385. The van der Waals surface area contributed by atoms with Gasteiger partial charge in [0.05, 0.1) is 23.0 Å². The van der Waals surface area contributed by atoms with Gasteiger partial charge in [0, 0.05) is 5.56 Å². The number of hydrogen-bond acceptors (Lipinski definition) is 3. The second-order valence-corrected chi connectivity index (χ2v) is 9.61. The molecule has 1 N–H and O–H groups in total. The lowest BCUT2D eigenvalue weighted by molar-refractivity contribution is 0.109. The molecule has 25 heavy (non-hydrogen) atoms. The number of hydrogen-bond donors (Lipinski definition) is 1. The van der Waals surface area contributed by atoms with Gasteiger partial charge in [-0.1, -0.05) is 39.0 Å². The standard InChI is InChI=1S/C19H23N3O2Si/c1-18(2,3)25-24-19(4,5)14-8-6-7-13(11-14)16-10-9-15-12-20-17(23)21-22(15)16/h6-12H,1-5H3,(H,21,23). The number of benzene rings is 1. The fourth-order valence-electron chi connectivity index (χ4n) is 2.55. The van der Waals surface area contributed by atoms with Gasteiger partial charge in [-0.25, -0.2) is 9.89 Å². The highest BCUT2D eigenvalue weighted by atomic mass is 28.2. The van der Waals surface area contributed by atoms with Gasteiger partial charge in [0.15, 0.2) is 0 Å². The van der Waals surface area contributed by atoms with Crippen LogP contribution in [0, 0.1) is 0 Å². The zero-order valence-corrected chi connectivity index (χ0v) is 16.3. The zero-order valence-electron chi connectivity index (χ0n) is 15.3. The lowest BCUT2D eigenvalue weighted by Crippen LogP contribution is -2.27. The molecule has 2 heterocycles. The summed E-state index contributed by atoms with van der Waals surface area (Å²) in [5.41, 5.74) is 3.15. The molecule has 0 aliphatic rings. The molecular weight excluding hydrogens is 330 g/mol. The molecule has 3 aromatic rings. The summed E-state index contributed by atoms with van der Waals surface area (Å²) >= 11 is 0. The average molecular weight is 353 g/mol. The summed E-state index contributed by atoms with van der Waals surface area (Å²) in [6.07, 6.45) is 1.57. The van der Waals surface area contributed by atoms with Gasteiger partial charge in [-0.05, 0) is 42.6 Å². The SMILES string of the molecule is CC(C)(C)[Si]OC(C)(C)c1cccc(-c2ccc3cnc(=O)[nH]n23)c1. The van der Waals surface area contributed by atoms with Crippen LogP contribution in [0.3, 0.4) is 0 Å². The van der Waals surface area contributed by atoms with Crippen LogP contribution in [-0.4, -0.2) is 24.4 Å². The van der Waals surface area contributed by atoms with E-state index in [1.807, 2.05) is 24.3 Å². The number of aromatic amines is 1. The molecular formula is C19H23N3O2Si. The number of H-pyrrole nitrogens is 1. The Hall–Kier alpha value is -2.18. The summed E-state index contributed by atoms with van der Waals surface area (Å²) in [5, 5.41) is 2.90. The number of nitrogens with zero attached hydrogens (tertiary/aromatic N) is 2. The van der Waals surface area contributed by atoms with Gasteiger partial charge < -0.3 is 4.43 Å². The van der Waals surface area contributed by atoms with Crippen molar-refractivity contribution >= 4 is 15.3 Å². The third kappa shape index (κ3) is 3.91. The first-order valence-corrected chi connectivity index (χ1v) is 9.19. The summed E-state index contributed by atoms with van der Waals surface area (Å²) < 4.78 is 7.98.